The van der Waals surface area contributed by atoms with Crippen LogP contribution in [0, 0.1) is 12.8 Å². The Balaban J connectivity index is 1.39. The number of dihydropyridines is 1. The normalized spacial score (nSPS) is 20.5. The first-order chi connectivity index (χ1) is 19.8. The van der Waals surface area contributed by atoms with Gasteiger partial charge in [0, 0.05) is 68.0 Å². The molecule has 2 fully saturated rings. The van der Waals surface area contributed by atoms with Crippen molar-refractivity contribution in [1.82, 2.24) is 20.0 Å². The Bertz CT molecular complexity index is 1320. The second kappa shape index (κ2) is 13.1. The Morgan fingerprint density at radius 1 is 1.07 bits per heavy atom. The van der Waals surface area contributed by atoms with Crippen molar-refractivity contribution >= 4 is 23.2 Å². The van der Waals surface area contributed by atoms with E-state index in [1.54, 1.807) is 0 Å². The molecule has 9 nitrogen and oxygen atoms in total. The monoisotopic (exact) mass is 560 g/mol. The number of hydrogen-bond donors (Lipinski definition) is 1. The van der Waals surface area contributed by atoms with E-state index < -0.39 is 5.92 Å². The van der Waals surface area contributed by atoms with Gasteiger partial charge in [0.25, 0.3) is 11.8 Å². The molecule has 2 aromatic rings. The molecule has 5 rings (SSSR count). The van der Waals surface area contributed by atoms with Gasteiger partial charge in [0.05, 0.1) is 31.9 Å². The van der Waals surface area contributed by atoms with Crippen LogP contribution in [0.2, 0.25) is 0 Å². The summed E-state index contributed by atoms with van der Waals surface area (Å²) in [5.41, 5.74) is 6.26. The summed E-state index contributed by atoms with van der Waals surface area (Å²) >= 11 is 0. The van der Waals surface area contributed by atoms with Crippen LogP contribution in [-0.2, 0) is 16.1 Å². The third kappa shape index (κ3) is 6.96. The van der Waals surface area contributed by atoms with Crippen LogP contribution in [-0.4, -0.2) is 84.7 Å². The summed E-state index contributed by atoms with van der Waals surface area (Å²) in [6.45, 7) is 11.2. The number of allylic oxidation sites excluding steroid dienone is 1. The van der Waals surface area contributed by atoms with Gasteiger partial charge in [0.2, 0.25) is 0 Å². The Kier molecular flexibility index (Phi) is 9.35. The molecule has 41 heavy (non-hydrogen) atoms. The van der Waals surface area contributed by atoms with Crippen LogP contribution in [0.3, 0.4) is 0 Å². The number of benzene rings is 1. The quantitative estimate of drug-likeness (QED) is 0.493. The van der Waals surface area contributed by atoms with Crippen LogP contribution >= 0.6 is 0 Å². The molecule has 1 atom stereocenters. The molecule has 1 aromatic carbocycles. The van der Waals surface area contributed by atoms with E-state index >= 15 is 0 Å². The molecule has 1 N–H and O–H groups in total. The standard InChI is InChI=1S/C32H44N6O3/c1-22-16-23(2)35-32(40)29(22)20-33-31(39)28-17-25(18-30(24(28)3)36(4)27-8-6-5-7-9-27)26-19-34-38(21-26)11-10-37-12-14-41-15-13-37/h16-19,21,27,29H,5-15,20H2,1-4H3,(H,33,39). The summed E-state index contributed by atoms with van der Waals surface area (Å²) in [5.74, 6) is -0.801. The smallest absolute Gasteiger partial charge is 0.254 e. The molecule has 220 valence electrons. The Morgan fingerprint density at radius 2 is 1.83 bits per heavy atom. The van der Waals surface area contributed by atoms with Crippen molar-refractivity contribution in [1.29, 1.82) is 0 Å². The molecule has 1 saturated heterocycles. The minimum atomic E-state index is -0.430. The SMILES string of the molecule is CC1=CC(C)=NC(=O)C1CNC(=O)c1cc(-c2cnn(CCN3CCOCC3)c2)cc(N(C)C2CCCCC2)c1C. The number of carbonyl (C=O) groups excluding carboxylic acids is 2. The molecule has 3 heterocycles. The van der Waals surface area contributed by atoms with E-state index in [-0.39, 0.29) is 18.4 Å². The van der Waals surface area contributed by atoms with Crippen molar-refractivity contribution in [3.8, 4) is 11.1 Å². The molecule has 1 aliphatic carbocycles. The lowest BCUT2D eigenvalue weighted by atomic mass is 9.92. The third-order valence-corrected chi connectivity index (χ3v) is 8.88. The topological polar surface area (TPSA) is 92.1 Å². The summed E-state index contributed by atoms with van der Waals surface area (Å²) in [5, 5.41) is 7.69. The number of hydrogen-bond acceptors (Lipinski definition) is 6. The fraction of sp³-hybridized carbons (Fsp3) is 0.562. The molecule has 3 aliphatic rings. The number of morpholine rings is 1. The molecule has 1 saturated carbocycles. The van der Waals surface area contributed by atoms with E-state index in [1.165, 1.54) is 19.3 Å². The second-order valence-corrected chi connectivity index (χ2v) is 11.8. The van der Waals surface area contributed by atoms with E-state index in [0.717, 1.165) is 80.2 Å². The van der Waals surface area contributed by atoms with Gasteiger partial charge in [0.15, 0.2) is 0 Å². The van der Waals surface area contributed by atoms with E-state index in [2.05, 4.69) is 44.5 Å². The first-order valence-corrected chi connectivity index (χ1v) is 15.1. The zero-order valence-corrected chi connectivity index (χ0v) is 25.0. The summed E-state index contributed by atoms with van der Waals surface area (Å²) < 4.78 is 7.46. The molecular weight excluding hydrogens is 516 g/mol. The average Bonchev–Trinajstić information content (AvgIpc) is 3.45. The predicted molar refractivity (Wildman–Crippen MR) is 163 cm³/mol. The summed E-state index contributed by atoms with van der Waals surface area (Å²) in [4.78, 5) is 35.1. The molecule has 0 bridgehead atoms. The first-order valence-electron chi connectivity index (χ1n) is 15.1. The fourth-order valence-corrected chi connectivity index (χ4v) is 6.28. The van der Waals surface area contributed by atoms with Crippen molar-refractivity contribution in [3.05, 3.63) is 47.3 Å². The van der Waals surface area contributed by atoms with Crippen LogP contribution in [0.25, 0.3) is 11.1 Å². The van der Waals surface area contributed by atoms with Crippen LogP contribution in [0.15, 0.2) is 41.2 Å². The third-order valence-electron chi connectivity index (χ3n) is 8.88. The maximum absolute atomic E-state index is 13.7. The minimum absolute atomic E-state index is 0.172. The van der Waals surface area contributed by atoms with Crippen molar-refractivity contribution in [2.75, 3.05) is 51.3 Å². The van der Waals surface area contributed by atoms with Gasteiger partial charge in [-0.25, -0.2) is 4.99 Å². The maximum Gasteiger partial charge on any atom is 0.254 e. The first kappa shape index (κ1) is 29.2. The van der Waals surface area contributed by atoms with Gasteiger partial charge < -0.3 is 15.0 Å². The Morgan fingerprint density at radius 3 is 2.56 bits per heavy atom. The fourth-order valence-electron chi connectivity index (χ4n) is 6.28. The molecule has 1 aromatic heterocycles. The molecule has 1 unspecified atom stereocenters. The van der Waals surface area contributed by atoms with Crippen molar-refractivity contribution < 1.29 is 14.3 Å². The Hall–Kier alpha value is -3.30. The van der Waals surface area contributed by atoms with Crippen LogP contribution in [0.1, 0.15) is 61.9 Å². The number of amides is 2. The zero-order valence-electron chi connectivity index (χ0n) is 25.0. The average molecular weight is 561 g/mol. The molecule has 9 heteroatoms. The molecule has 0 radical (unpaired) electrons. The maximum atomic E-state index is 13.7. The lowest BCUT2D eigenvalue weighted by Crippen LogP contribution is -2.38. The zero-order chi connectivity index (χ0) is 28.9. The molecule has 2 amide bonds. The van der Waals surface area contributed by atoms with Gasteiger partial charge in [-0.3, -0.25) is 19.2 Å². The van der Waals surface area contributed by atoms with Gasteiger partial charge in [-0.15, -0.1) is 0 Å². The molecular formula is C32H44N6O3. The summed E-state index contributed by atoms with van der Waals surface area (Å²) in [6.07, 6.45) is 12.0. The van der Waals surface area contributed by atoms with Crippen LogP contribution < -0.4 is 10.2 Å². The Labute approximate surface area is 243 Å². The van der Waals surface area contributed by atoms with Gasteiger partial charge in [-0.2, -0.15) is 5.10 Å². The lowest BCUT2D eigenvalue weighted by Gasteiger charge is -2.34. The number of ether oxygens (including phenoxy) is 1. The highest BCUT2D eigenvalue weighted by Gasteiger charge is 2.26. The second-order valence-electron chi connectivity index (χ2n) is 11.8. The molecule has 0 spiro atoms. The number of aromatic nitrogens is 2. The highest BCUT2D eigenvalue weighted by molar-refractivity contribution is 6.06. The number of carbonyl (C=O) groups is 2. The van der Waals surface area contributed by atoms with Crippen LogP contribution in [0.5, 0.6) is 0 Å². The van der Waals surface area contributed by atoms with Crippen molar-refractivity contribution in [2.45, 2.75) is 65.5 Å². The summed E-state index contributed by atoms with van der Waals surface area (Å²) in [7, 11) is 2.16. The van der Waals surface area contributed by atoms with Crippen molar-refractivity contribution in [2.24, 2.45) is 10.9 Å². The van der Waals surface area contributed by atoms with E-state index in [4.69, 9.17) is 4.74 Å². The number of nitrogens with one attached hydrogen (secondary N) is 1. The van der Waals surface area contributed by atoms with Gasteiger partial charge in [-0.1, -0.05) is 24.8 Å². The van der Waals surface area contributed by atoms with E-state index in [9.17, 15) is 9.59 Å². The predicted octanol–water partition coefficient (Wildman–Crippen LogP) is 4.25. The lowest BCUT2D eigenvalue weighted by molar-refractivity contribution is -0.120. The van der Waals surface area contributed by atoms with E-state index in [0.29, 0.717) is 17.3 Å². The van der Waals surface area contributed by atoms with Gasteiger partial charge >= 0.3 is 0 Å². The highest BCUT2D eigenvalue weighted by atomic mass is 16.5. The number of nitrogens with zero attached hydrogens (tertiary/aromatic N) is 5. The minimum Gasteiger partial charge on any atom is -0.379 e. The van der Waals surface area contributed by atoms with Gasteiger partial charge in [0.1, 0.15) is 0 Å². The largest absolute Gasteiger partial charge is 0.379 e. The van der Waals surface area contributed by atoms with E-state index in [1.807, 2.05) is 43.8 Å². The number of anilines is 1. The number of aliphatic imine (C=N–C) groups is 1. The summed E-state index contributed by atoms with van der Waals surface area (Å²) in [6, 6.07) is 4.64. The van der Waals surface area contributed by atoms with Crippen LogP contribution in [0.4, 0.5) is 5.69 Å². The number of rotatable bonds is 9. The highest BCUT2D eigenvalue weighted by Crippen LogP contribution is 2.34. The molecule has 2 aliphatic heterocycles. The van der Waals surface area contributed by atoms with Gasteiger partial charge in [-0.05, 0) is 62.9 Å². The van der Waals surface area contributed by atoms with Crippen molar-refractivity contribution in [3.63, 3.8) is 0 Å².